The van der Waals surface area contributed by atoms with Crippen LogP contribution in [0.3, 0.4) is 0 Å². The summed E-state index contributed by atoms with van der Waals surface area (Å²) in [5.41, 5.74) is 0. The van der Waals surface area contributed by atoms with E-state index in [1.807, 2.05) is 0 Å². The molecule has 25 heavy (non-hydrogen) atoms. The highest BCUT2D eigenvalue weighted by molar-refractivity contribution is 7.92. The summed E-state index contributed by atoms with van der Waals surface area (Å²) in [5, 5.41) is 0. The van der Waals surface area contributed by atoms with E-state index in [-0.39, 0.29) is 24.5 Å². The molecule has 1 saturated heterocycles. The topological polar surface area (TPSA) is 84.7 Å². The Kier molecular flexibility index (Phi) is 4.69. The van der Waals surface area contributed by atoms with E-state index in [1.54, 1.807) is 12.1 Å². The van der Waals surface area contributed by atoms with Crippen LogP contribution in [0.1, 0.15) is 12.2 Å². The van der Waals surface area contributed by atoms with Crippen LogP contribution in [0.25, 0.3) is 0 Å². The Morgan fingerprint density at radius 1 is 1.20 bits per heavy atom. The Bertz CT molecular complexity index is 971. The van der Waals surface area contributed by atoms with E-state index in [2.05, 4.69) is 0 Å². The molecule has 10 heteroatoms. The van der Waals surface area contributed by atoms with Gasteiger partial charge in [-0.15, -0.1) is 0 Å². The van der Waals surface area contributed by atoms with E-state index in [0.29, 0.717) is 11.8 Å². The lowest BCUT2D eigenvalue weighted by molar-refractivity contribution is 0.306. The van der Waals surface area contributed by atoms with Crippen LogP contribution < -0.4 is 0 Å². The Labute approximate surface area is 144 Å². The van der Waals surface area contributed by atoms with E-state index in [4.69, 9.17) is 4.42 Å². The fourth-order valence-corrected chi connectivity index (χ4v) is 6.20. The van der Waals surface area contributed by atoms with Crippen LogP contribution in [0.15, 0.2) is 45.9 Å². The molecule has 136 valence electrons. The number of hydrogen-bond acceptors (Lipinski definition) is 5. The molecule has 0 spiro atoms. The molecule has 0 unspecified atom stereocenters. The van der Waals surface area contributed by atoms with Crippen molar-refractivity contribution in [3.63, 3.8) is 0 Å². The van der Waals surface area contributed by atoms with Crippen molar-refractivity contribution in [1.82, 2.24) is 4.31 Å². The van der Waals surface area contributed by atoms with Crippen LogP contribution in [0, 0.1) is 11.6 Å². The lowest BCUT2D eigenvalue weighted by atomic mass is 10.2. The van der Waals surface area contributed by atoms with Crippen LogP contribution in [0.2, 0.25) is 0 Å². The number of hydrogen-bond donors (Lipinski definition) is 0. The molecule has 2 heterocycles. The van der Waals surface area contributed by atoms with Crippen molar-refractivity contribution in [2.24, 2.45) is 0 Å². The van der Waals surface area contributed by atoms with Gasteiger partial charge >= 0.3 is 0 Å². The highest BCUT2D eigenvalue weighted by atomic mass is 32.2. The molecule has 3 rings (SSSR count). The second-order valence-electron chi connectivity index (χ2n) is 5.76. The first kappa shape index (κ1) is 18.0. The van der Waals surface area contributed by atoms with Gasteiger partial charge in [-0.2, -0.15) is 4.31 Å². The van der Waals surface area contributed by atoms with Crippen molar-refractivity contribution < 1.29 is 30.0 Å². The third kappa shape index (κ3) is 3.75. The van der Waals surface area contributed by atoms with Crippen LogP contribution in [0.4, 0.5) is 8.78 Å². The van der Waals surface area contributed by atoms with E-state index in [0.717, 1.165) is 16.4 Å². The maximum atomic E-state index is 13.5. The summed E-state index contributed by atoms with van der Waals surface area (Å²) >= 11 is 0. The lowest BCUT2D eigenvalue weighted by Gasteiger charge is -2.26. The number of sulfonamides is 1. The summed E-state index contributed by atoms with van der Waals surface area (Å²) in [6, 6.07) is 4.59. The van der Waals surface area contributed by atoms with Gasteiger partial charge in [-0.25, -0.2) is 25.6 Å². The summed E-state index contributed by atoms with van der Waals surface area (Å²) in [6.45, 7) is -0.200. The van der Waals surface area contributed by atoms with Gasteiger partial charge in [0.05, 0.1) is 29.2 Å². The molecule has 1 aromatic heterocycles. The minimum absolute atomic E-state index is 0.125. The molecule has 0 N–H and O–H groups in total. The normalized spacial score (nSPS) is 20.2. The Balaban J connectivity index is 2.01. The van der Waals surface area contributed by atoms with Crippen LogP contribution >= 0.6 is 0 Å². The van der Waals surface area contributed by atoms with Crippen molar-refractivity contribution >= 4 is 19.9 Å². The summed E-state index contributed by atoms with van der Waals surface area (Å²) in [4.78, 5) is -0.442. The molecular formula is C15H15F2NO5S2. The maximum absolute atomic E-state index is 13.5. The molecule has 1 fully saturated rings. The first-order chi connectivity index (χ1) is 11.7. The molecule has 0 amide bonds. The van der Waals surface area contributed by atoms with E-state index in [1.165, 1.54) is 6.26 Å². The minimum Gasteiger partial charge on any atom is -0.468 e. The molecule has 6 nitrogen and oxygen atoms in total. The zero-order valence-electron chi connectivity index (χ0n) is 12.9. The largest absolute Gasteiger partial charge is 0.468 e. The minimum atomic E-state index is -4.25. The predicted molar refractivity (Wildman–Crippen MR) is 84.9 cm³/mol. The van der Waals surface area contributed by atoms with E-state index >= 15 is 0 Å². The van der Waals surface area contributed by atoms with Crippen molar-refractivity contribution in [3.8, 4) is 0 Å². The van der Waals surface area contributed by atoms with Crippen molar-refractivity contribution in [2.75, 3.05) is 11.5 Å². The van der Waals surface area contributed by atoms with Crippen LogP contribution in [-0.2, 0) is 26.4 Å². The van der Waals surface area contributed by atoms with Gasteiger partial charge in [0.15, 0.2) is 21.5 Å². The Morgan fingerprint density at radius 2 is 1.96 bits per heavy atom. The van der Waals surface area contributed by atoms with Gasteiger partial charge in [0.1, 0.15) is 5.76 Å². The second kappa shape index (κ2) is 6.50. The molecule has 2 aromatic rings. The zero-order valence-corrected chi connectivity index (χ0v) is 14.6. The molecule has 1 aromatic carbocycles. The van der Waals surface area contributed by atoms with Crippen molar-refractivity contribution in [1.29, 1.82) is 0 Å². The van der Waals surface area contributed by atoms with Gasteiger partial charge in [0.2, 0.25) is 10.0 Å². The van der Waals surface area contributed by atoms with Gasteiger partial charge in [0.25, 0.3) is 0 Å². The first-order valence-electron chi connectivity index (χ1n) is 7.39. The molecule has 1 aliphatic heterocycles. The summed E-state index contributed by atoms with van der Waals surface area (Å²) in [7, 11) is -7.60. The standard InChI is InChI=1S/C15H15F2NO5S2/c16-14-4-3-13(8-15(14)17)25(21,22)18(9-12-2-1-6-23-12)11-5-7-24(19,20)10-11/h1-4,6,8,11H,5,7,9-10H2/t11-/m0/s1. The SMILES string of the molecule is O=S1(=O)CC[C@H](N(Cc2ccco2)S(=O)(=O)c2ccc(F)c(F)c2)C1. The quantitative estimate of drug-likeness (QED) is 0.778. The second-order valence-corrected chi connectivity index (χ2v) is 9.88. The molecular weight excluding hydrogens is 376 g/mol. The molecule has 0 radical (unpaired) electrons. The number of benzene rings is 1. The smallest absolute Gasteiger partial charge is 0.243 e. The summed E-state index contributed by atoms with van der Waals surface area (Å²) in [5.74, 6) is -2.59. The molecule has 1 aliphatic rings. The van der Waals surface area contributed by atoms with Gasteiger partial charge < -0.3 is 4.42 Å². The number of nitrogens with zero attached hydrogens (tertiary/aromatic N) is 1. The third-order valence-corrected chi connectivity index (χ3v) is 7.65. The van der Waals surface area contributed by atoms with E-state index in [9.17, 15) is 25.6 Å². The summed E-state index contributed by atoms with van der Waals surface area (Å²) in [6.07, 6.45) is 1.50. The summed E-state index contributed by atoms with van der Waals surface area (Å²) < 4.78 is 82.1. The Morgan fingerprint density at radius 3 is 2.52 bits per heavy atom. The molecule has 1 atom stereocenters. The van der Waals surface area contributed by atoms with Crippen molar-refractivity contribution in [3.05, 3.63) is 54.0 Å². The third-order valence-electron chi connectivity index (χ3n) is 4.01. The average molecular weight is 391 g/mol. The molecule has 0 bridgehead atoms. The van der Waals surface area contributed by atoms with Gasteiger partial charge in [-0.3, -0.25) is 0 Å². The number of furan rings is 1. The van der Waals surface area contributed by atoms with Gasteiger partial charge in [-0.05, 0) is 36.8 Å². The van der Waals surface area contributed by atoms with Crippen LogP contribution in [-0.4, -0.2) is 38.7 Å². The predicted octanol–water partition coefficient (Wildman–Crippen LogP) is 1.94. The maximum Gasteiger partial charge on any atom is 0.243 e. The lowest BCUT2D eigenvalue weighted by Crippen LogP contribution is -2.40. The fourth-order valence-electron chi connectivity index (χ4n) is 2.74. The number of sulfone groups is 1. The monoisotopic (exact) mass is 391 g/mol. The Hall–Kier alpha value is -1.78. The molecule has 0 aliphatic carbocycles. The van der Waals surface area contributed by atoms with Crippen molar-refractivity contribution in [2.45, 2.75) is 23.9 Å². The fraction of sp³-hybridized carbons (Fsp3) is 0.333. The molecule has 0 saturated carbocycles. The highest BCUT2D eigenvalue weighted by Crippen LogP contribution is 2.28. The van der Waals surface area contributed by atoms with E-state index < -0.39 is 42.4 Å². The van der Waals surface area contributed by atoms with Gasteiger partial charge in [0, 0.05) is 6.04 Å². The first-order valence-corrected chi connectivity index (χ1v) is 10.6. The van der Waals surface area contributed by atoms with Crippen LogP contribution in [0.5, 0.6) is 0 Å². The highest BCUT2D eigenvalue weighted by Gasteiger charge is 2.39. The number of halogens is 2. The zero-order chi connectivity index (χ0) is 18.2. The number of rotatable bonds is 5. The average Bonchev–Trinajstić information content (AvgIpc) is 3.16. The van der Waals surface area contributed by atoms with Gasteiger partial charge in [-0.1, -0.05) is 0 Å².